The van der Waals surface area contributed by atoms with Crippen molar-refractivity contribution in [3.05, 3.63) is 23.9 Å². The van der Waals surface area contributed by atoms with Crippen LogP contribution in [-0.4, -0.2) is 38.8 Å². The molecule has 0 radical (unpaired) electrons. The maximum atomic E-state index is 5.02. The van der Waals surface area contributed by atoms with Crippen LogP contribution in [0.1, 0.15) is 25.3 Å². The van der Waals surface area contributed by atoms with Crippen molar-refractivity contribution in [2.45, 2.75) is 26.3 Å². The highest BCUT2D eigenvalue weighted by Crippen LogP contribution is 2.15. The third kappa shape index (κ3) is 5.02. The van der Waals surface area contributed by atoms with Crippen LogP contribution in [0.15, 0.2) is 18.3 Å². The Hall–Kier alpha value is -1.13. The summed E-state index contributed by atoms with van der Waals surface area (Å²) in [5, 5.41) is 3.36. The van der Waals surface area contributed by atoms with Crippen molar-refractivity contribution < 1.29 is 4.74 Å². The van der Waals surface area contributed by atoms with E-state index in [0.29, 0.717) is 0 Å². The number of nitrogens with one attached hydrogen (secondary N) is 1. The molecule has 0 saturated carbocycles. The Bertz CT molecular complexity index is 331. The van der Waals surface area contributed by atoms with Gasteiger partial charge in [0.15, 0.2) is 0 Å². The van der Waals surface area contributed by atoms with Gasteiger partial charge in [-0.25, -0.2) is 4.98 Å². The monoisotopic (exact) mass is 251 g/mol. The first-order valence-electron chi connectivity index (χ1n) is 6.64. The van der Waals surface area contributed by atoms with Crippen molar-refractivity contribution in [2.24, 2.45) is 0 Å². The lowest BCUT2D eigenvalue weighted by Crippen LogP contribution is -2.24. The van der Waals surface area contributed by atoms with Gasteiger partial charge in [-0.2, -0.15) is 0 Å². The fraction of sp³-hybridized carbons (Fsp3) is 0.643. The molecule has 0 atom stereocenters. The third-order valence-corrected chi connectivity index (χ3v) is 2.87. The summed E-state index contributed by atoms with van der Waals surface area (Å²) in [4.78, 5) is 6.72. The summed E-state index contributed by atoms with van der Waals surface area (Å²) in [6.07, 6.45) is 4.26. The van der Waals surface area contributed by atoms with Gasteiger partial charge in [0, 0.05) is 45.6 Å². The third-order valence-electron chi connectivity index (χ3n) is 2.87. The molecule has 4 nitrogen and oxygen atoms in total. The highest BCUT2D eigenvalue weighted by atomic mass is 16.5. The van der Waals surface area contributed by atoms with Gasteiger partial charge in [0.2, 0.25) is 0 Å². The van der Waals surface area contributed by atoms with Crippen molar-refractivity contribution in [3.8, 4) is 0 Å². The molecule has 0 saturated heterocycles. The molecule has 4 heteroatoms. The zero-order valence-corrected chi connectivity index (χ0v) is 11.8. The lowest BCUT2D eigenvalue weighted by Gasteiger charge is -2.21. The lowest BCUT2D eigenvalue weighted by molar-refractivity contribution is 0.199. The number of anilines is 1. The fourth-order valence-corrected chi connectivity index (χ4v) is 1.81. The molecule has 1 rings (SSSR count). The molecule has 1 aromatic heterocycles. The Morgan fingerprint density at radius 3 is 3.00 bits per heavy atom. The van der Waals surface area contributed by atoms with Gasteiger partial charge in [-0.15, -0.1) is 0 Å². The molecule has 1 aromatic rings. The fourth-order valence-electron chi connectivity index (χ4n) is 1.81. The average molecular weight is 251 g/mol. The lowest BCUT2D eigenvalue weighted by atomic mass is 10.2. The maximum absolute atomic E-state index is 5.02. The summed E-state index contributed by atoms with van der Waals surface area (Å²) in [5.41, 5.74) is 1.24. The minimum Gasteiger partial charge on any atom is -0.383 e. The Morgan fingerprint density at radius 2 is 2.28 bits per heavy atom. The van der Waals surface area contributed by atoms with Crippen LogP contribution >= 0.6 is 0 Å². The summed E-state index contributed by atoms with van der Waals surface area (Å²) in [6, 6.07) is 4.12. The molecule has 102 valence electrons. The number of hydrogen-bond donors (Lipinski definition) is 1. The van der Waals surface area contributed by atoms with Crippen LogP contribution < -0.4 is 10.2 Å². The zero-order chi connectivity index (χ0) is 13.2. The van der Waals surface area contributed by atoms with E-state index in [1.54, 1.807) is 7.11 Å². The largest absolute Gasteiger partial charge is 0.383 e. The minimum atomic E-state index is 0.737. The van der Waals surface area contributed by atoms with Crippen LogP contribution in [0.25, 0.3) is 0 Å². The number of pyridine rings is 1. The number of nitrogens with zero attached hydrogens (tertiary/aromatic N) is 2. The van der Waals surface area contributed by atoms with Crippen LogP contribution in [0.5, 0.6) is 0 Å². The second-order valence-corrected chi connectivity index (χ2v) is 4.43. The van der Waals surface area contributed by atoms with Crippen LogP contribution in [-0.2, 0) is 11.3 Å². The van der Waals surface area contributed by atoms with Crippen molar-refractivity contribution in [1.82, 2.24) is 10.3 Å². The number of rotatable bonds is 9. The molecule has 0 aliphatic rings. The van der Waals surface area contributed by atoms with E-state index < -0.39 is 0 Å². The van der Waals surface area contributed by atoms with Gasteiger partial charge >= 0.3 is 0 Å². The molecule has 0 amide bonds. The topological polar surface area (TPSA) is 37.4 Å². The molecule has 1 heterocycles. The second kappa shape index (κ2) is 8.89. The summed E-state index contributed by atoms with van der Waals surface area (Å²) in [6.45, 7) is 5.70. The second-order valence-electron chi connectivity index (χ2n) is 4.43. The molecule has 0 aromatic carbocycles. The average Bonchev–Trinajstić information content (AvgIpc) is 2.41. The van der Waals surface area contributed by atoms with E-state index in [9.17, 15) is 0 Å². The smallest absolute Gasteiger partial charge is 0.132 e. The number of ether oxygens (including phenoxy) is 1. The van der Waals surface area contributed by atoms with Gasteiger partial charge in [-0.3, -0.25) is 0 Å². The Labute approximate surface area is 110 Å². The molecule has 0 aliphatic carbocycles. The van der Waals surface area contributed by atoms with Crippen LogP contribution in [0.4, 0.5) is 5.82 Å². The van der Waals surface area contributed by atoms with E-state index in [0.717, 1.165) is 32.1 Å². The summed E-state index contributed by atoms with van der Waals surface area (Å²) in [7, 11) is 3.83. The molecule has 18 heavy (non-hydrogen) atoms. The maximum Gasteiger partial charge on any atom is 0.132 e. The molecule has 0 fully saturated rings. The summed E-state index contributed by atoms with van der Waals surface area (Å²) >= 11 is 0. The normalized spacial score (nSPS) is 10.6. The van der Waals surface area contributed by atoms with Gasteiger partial charge in [0.05, 0.1) is 6.61 Å². The zero-order valence-electron chi connectivity index (χ0n) is 11.8. The first-order valence-corrected chi connectivity index (χ1v) is 6.64. The highest BCUT2D eigenvalue weighted by Gasteiger charge is 2.07. The van der Waals surface area contributed by atoms with E-state index in [2.05, 4.69) is 35.2 Å². The van der Waals surface area contributed by atoms with E-state index in [4.69, 9.17) is 4.74 Å². The predicted octanol–water partition coefficient (Wildman–Crippen LogP) is 2.05. The minimum absolute atomic E-state index is 0.737. The number of hydrogen-bond acceptors (Lipinski definition) is 4. The number of aromatic nitrogens is 1. The summed E-state index contributed by atoms with van der Waals surface area (Å²) in [5.74, 6) is 1.08. The van der Waals surface area contributed by atoms with Crippen molar-refractivity contribution in [1.29, 1.82) is 0 Å². The predicted molar refractivity (Wildman–Crippen MR) is 76.0 cm³/mol. The molecule has 0 bridgehead atoms. The quantitative estimate of drug-likeness (QED) is 0.682. The highest BCUT2D eigenvalue weighted by molar-refractivity contribution is 5.45. The van der Waals surface area contributed by atoms with Gasteiger partial charge < -0.3 is 15.0 Å². The van der Waals surface area contributed by atoms with Gasteiger partial charge in [0.1, 0.15) is 5.82 Å². The van der Waals surface area contributed by atoms with E-state index in [1.165, 1.54) is 18.4 Å². The van der Waals surface area contributed by atoms with E-state index >= 15 is 0 Å². The molecular formula is C14H25N3O. The number of methoxy groups -OCH3 is 1. The van der Waals surface area contributed by atoms with Gasteiger partial charge in [-0.05, 0) is 12.5 Å². The van der Waals surface area contributed by atoms with Gasteiger partial charge in [-0.1, -0.05) is 19.4 Å². The van der Waals surface area contributed by atoms with Gasteiger partial charge in [0.25, 0.3) is 0 Å². The molecular weight excluding hydrogens is 226 g/mol. The van der Waals surface area contributed by atoms with Crippen molar-refractivity contribution >= 4 is 5.82 Å². The molecule has 0 unspecified atom stereocenters. The molecule has 0 spiro atoms. The number of unbranched alkanes of at least 4 members (excludes halogenated alkanes) is 1. The van der Waals surface area contributed by atoms with Crippen LogP contribution in [0.3, 0.4) is 0 Å². The standard InChI is InChI=1S/C14H25N3O/c1-4-5-10-17(2)14-13(7-6-8-16-14)12-15-9-11-18-3/h6-8,15H,4-5,9-12H2,1-3H3. The Kier molecular flexibility index (Phi) is 7.37. The van der Waals surface area contributed by atoms with E-state index in [1.807, 2.05) is 12.3 Å². The first-order chi connectivity index (χ1) is 8.79. The Balaban J connectivity index is 2.55. The van der Waals surface area contributed by atoms with Crippen molar-refractivity contribution in [3.63, 3.8) is 0 Å². The van der Waals surface area contributed by atoms with E-state index in [-0.39, 0.29) is 0 Å². The SMILES string of the molecule is CCCCN(C)c1ncccc1CNCCOC. The molecule has 0 aliphatic heterocycles. The molecule has 1 N–H and O–H groups in total. The Morgan fingerprint density at radius 1 is 1.44 bits per heavy atom. The van der Waals surface area contributed by atoms with Crippen molar-refractivity contribution in [2.75, 3.05) is 38.8 Å². The first kappa shape index (κ1) is 14.9. The summed E-state index contributed by atoms with van der Waals surface area (Å²) < 4.78 is 5.02. The van der Waals surface area contributed by atoms with Crippen LogP contribution in [0, 0.1) is 0 Å². The van der Waals surface area contributed by atoms with Crippen LogP contribution in [0.2, 0.25) is 0 Å².